The average Bonchev–Trinajstić information content (AvgIpc) is 3.16. The minimum Gasteiger partial charge on any atom is -0.508 e. The first kappa shape index (κ1) is 22.7. The van der Waals surface area contributed by atoms with Crippen LogP contribution in [0.15, 0.2) is 98.1 Å². The van der Waals surface area contributed by atoms with Crippen LogP contribution in [0.4, 0.5) is 0 Å². The lowest BCUT2D eigenvalue weighted by molar-refractivity contribution is 0.468. The van der Waals surface area contributed by atoms with Crippen molar-refractivity contribution in [3.8, 4) is 22.6 Å². The van der Waals surface area contributed by atoms with E-state index in [1.807, 2.05) is 24.3 Å². The molecule has 1 aliphatic rings. The Kier molecular flexibility index (Phi) is 5.61. The van der Waals surface area contributed by atoms with Gasteiger partial charge in [0.15, 0.2) is 0 Å². The van der Waals surface area contributed by atoms with E-state index in [-0.39, 0.29) is 11.5 Å². The van der Waals surface area contributed by atoms with E-state index < -0.39 is 5.41 Å². The first-order valence-electron chi connectivity index (χ1n) is 12.0. The number of fused-ring (bicyclic) bond motifs is 3. The zero-order chi connectivity index (χ0) is 24.7. The van der Waals surface area contributed by atoms with Gasteiger partial charge in [-0.1, -0.05) is 72.8 Å². The van der Waals surface area contributed by atoms with Crippen molar-refractivity contribution in [3.05, 3.63) is 143 Å². The van der Waals surface area contributed by atoms with Crippen molar-refractivity contribution < 1.29 is 10.2 Å². The van der Waals surface area contributed by atoms with Crippen molar-refractivity contribution in [2.45, 2.75) is 32.1 Å². The molecule has 2 nitrogen and oxygen atoms in total. The number of benzene rings is 4. The molecule has 0 atom stereocenters. The van der Waals surface area contributed by atoms with E-state index in [0.29, 0.717) is 12.8 Å². The van der Waals surface area contributed by atoms with Gasteiger partial charge in [0.05, 0.1) is 5.41 Å². The first-order valence-corrected chi connectivity index (χ1v) is 12.0. The Labute approximate surface area is 207 Å². The van der Waals surface area contributed by atoms with Crippen LogP contribution in [-0.2, 0) is 18.3 Å². The monoisotopic (exact) mass is 458 g/mol. The predicted octanol–water partition coefficient (Wildman–Crippen LogP) is 7.53. The Morgan fingerprint density at radius 1 is 0.600 bits per heavy atom. The van der Waals surface area contributed by atoms with Crippen LogP contribution in [0, 0.1) is 13.8 Å². The van der Waals surface area contributed by atoms with Gasteiger partial charge in [-0.3, -0.25) is 0 Å². The fourth-order valence-electron chi connectivity index (χ4n) is 6.06. The van der Waals surface area contributed by atoms with Gasteiger partial charge in [0.2, 0.25) is 0 Å². The second kappa shape index (κ2) is 8.63. The summed E-state index contributed by atoms with van der Waals surface area (Å²) >= 11 is 0. The normalized spacial score (nSPS) is 13.2. The predicted molar refractivity (Wildman–Crippen MR) is 144 cm³/mol. The lowest BCUT2D eigenvalue weighted by atomic mass is 9.64. The van der Waals surface area contributed by atoms with Crippen molar-refractivity contribution >= 4 is 0 Å². The fraction of sp³-hybridized carbons (Fsp3) is 0.152. The van der Waals surface area contributed by atoms with Gasteiger partial charge in [-0.25, -0.2) is 0 Å². The maximum absolute atomic E-state index is 10.7. The Balaban J connectivity index is 2.00. The van der Waals surface area contributed by atoms with Crippen LogP contribution >= 0.6 is 0 Å². The summed E-state index contributed by atoms with van der Waals surface area (Å²) in [4.78, 5) is 0. The molecule has 5 rings (SSSR count). The molecule has 0 saturated heterocycles. The van der Waals surface area contributed by atoms with Gasteiger partial charge in [0.25, 0.3) is 0 Å². The summed E-state index contributed by atoms with van der Waals surface area (Å²) in [6, 6.07) is 24.9. The highest BCUT2D eigenvalue weighted by Crippen LogP contribution is 2.58. The Morgan fingerprint density at radius 2 is 1.00 bits per heavy atom. The van der Waals surface area contributed by atoms with E-state index in [0.717, 1.165) is 33.4 Å². The molecule has 0 saturated carbocycles. The molecule has 174 valence electrons. The van der Waals surface area contributed by atoms with Crippen molar-refractivity contribution in [3.63, 3.8) is 0 Å². The van der Waals surface area contributed by atoms with Crippen LogP contribution in [-0.4, -0.2) is 10.2 Å². The van der Waals surface area contributed by atoms with E-state index in [1.54, 1.807) is 0 Å². The second-order valence-corrected chi connectivity index (χ2v) is 9.30. The summed E-state index contributed by atoms with van der Waals surface area (Å²) in [6.07, 6.45) is 4.84. The lowest BCUT2D eigenvalue weighted by Crippen LogP contribution is -2.31. The molecule has 2 heteroatoms. The van der Waals surface area contributed by atoms with Gasteiger partial charge < -0.3 is 10.2 Å². The maximum atomic E-state index is 10.7. The molecule has 4 aromatic rings. The highest BCUT2D eigenvalue weighted by molar-refractivity contribution is 5.87. The van der Waals surface area contributed by atoms with Crippen LogP contribution < -0.4 is 0 Å². The van der Waals surface area contributed by atoms with E-state index in [4.69, 9.17) is 0 Å². The summed E-state index contributed by atoms with van der Waals surface area (Å²) in [7, 11) is 0. The largest absolute Gasteiger partial charge is 0.508 e. The van der Waals surface area contributed by atoms with Crippen LogP contribution in [0.25, 0.3) is 11.1 Å². The lowest BCUT2D eigenvalue weighted by Gasteiger charge is -2.37. The van der Waals surface area contributed by atoms with Crippen molar-refractivity contribution in [2.75, 3.05) is 0 Å². The third kappa shape index (κ3) is 3.17. The molecule has 0 aliphatic heterocycles. The Bertz CT molecular complexity index is 1360. The molecule has 0 radical (unpaired) electrons. The molecule has 2 N–H and O–H groups in total. The van der Waals surface area contributed by atoms with Gasteiger partial charge >= 0.3 is 0 Å². The molecular formula is C33H30O2. The summed E-state index contributed by atoms with van der Waals surface area (Å²) in [5, 5.41) is 21.5. The summed E-state index contributed by atoms with van der Waals surface area (Å²) in [5.74, 6) is 0.575. The molecule has 1 aliphatic carbocycles. The first-order chi connectivity index (χ1) is 17.0. The van der Waals surface area contributed by atoms with E-state index in [1.165, 1.54) is 22.3 Å². The van der Waals surface area contributed by atoms with Gasteiger partial charge in [-0.2, -0.15) is 0 Å². The molecular weight excluding hydrogens is 428 g/mol. The van der Waals surface area contributed by atoms with Crippen LogP contribution in [0.3, 0.4) is 0 Å². The number of rotatable bonds is 6. The molecule has 0 bridgehead atoms. The second-order valence-electron chi connectivity index (χ2n) is 9.30. The molecule has 0 aromatic heterocycles. The molecule has 35 heavy (non-hydrogen) atoms. The third-order valence-electron chi connectivity index (χ3n) is 7.60. The number of phenols is 2. The minimum absolute atomic E-state index is 0.288. The van der Waals surface area contributed by atoms with Crippen LogP contribution in [0.2, 0.25) is 0 Å². The molecule has 0 amide bonds. The third-order valence-corrected chi connectivity index (χ3v) is 7.60. The summed E-state index contributed by atoms with van der Waals surface area (Å²) in [6.45, 7) is 12.0. The zero-order valence-corrected chi connectivity index (χ0v) is 20.3. The van der Waals surface area contributed by atoms with E-state index in [9.17, 15) is 10.2 Å². The van der Waals surface area contributed by atoms with Gasteiger partial charge in [0.1, 0.15) is 11.5 Å². The number of aromatic hydroxyl groups is 2. The van der Waals surface area contributed by atoms with Crippen molar-refractivity contribution in [1.82, 2.24) is 0 Å². The highest BCUT2D eigenvalue weighted by Gasteiger charge is 2.48. The van der Waals surface area contributed by atoms with Gasteiger partial charge in [-0.05, 0) is 83.3 Å². The number of allylic oxidation sites excluding steroid dienone is 2. The topological polar surface area (TPSA) is 40.5 Å². The SMILES string of the molecule is C=CCc1c(O)ccc(C2(c3ccc(O)c(CC=C)c3C)c3ccccc3-c3ccccc32)c1C. The summed E-state index contributed by atoms with van der Waals surface area (Å²) < 4.78 is 0. The minimum atomic E-state index is -0.603. The number of hydrogen-bond acceptors (Lipinski definition) is 2. The van der Waals surface area contributed by atoms with Gasteiger partial charge in [-0.15, -0.1) is 13.2 Å². The standard InChI is InChI=1S/C33H30O2/c1-5-11-23-21(3)27(17-19-31(23)34)33(28-18-20-32(35)24(12-6-2)22(28)4)29-15-9-7-13-25(29)26-14-8-10-16-30(26)33/h5-10,13-20,34-35H,1-2,11-12H2,3-4H3. The van der Waals surface area contributed by atoms with Gasteiger partial charge in [0, 0.05) is 11.1 Å². The van der Waals surface area contributed by atoms with Crippen molar-refractivity contribution in [2.24, 2.45) is 0 Å². The molecule has 0 unspecified atom stereocenters. The highest BCUT2D eigenvalue weighted by atomic mass is 16.3. The maximum Gasteiger partial charge on any atom is 0.119 e. The molecule has 0 fully saturated rings. The van der Waals surface area contributed by atoms with Crippen molar-refractivity contribution in [1.29, 1.82) is 0 Å². The zero-order valence-electron chi connectivity index (χ0n) is 20.3. The molecule has 4 aromatic carbocycles. The fourth-order valence-corrected chi connectivity index (χ4v) is 6.06. The molecule has 0 heterocycles. The quantitative estimate of drug-likeness (QED) is 0.258. The number of phenolic OH excluding ortho intramolecular Hbond substituents is 2. The Morgan fingerprint density at radius 3 is 1.40 bits per heavy atom. The average molecular weight is 459 g/mol. The number of hydrogen-bond donors (Lipinski definition) is 2. The molecule has 0 spiro atoms. The van der Waals surface area contributed by atoms with Crippen LogP contribution in [0.1, 0.15) is 44.5 Å². The smallest absolute Gasteiger partial charge is 0.119 e. The Hall–Kier alpha value is -4.04. The summed E-state index contributed by atoms with van der Waals surface area (Å²) in [5.41, 5.74) is 10.4. The van der Waals surface area contributed by atoms with E-state index >= 15 is 0 Å². The van der Waals surface area contributed by atoms with E-state index in [2.05, 4.69) is 87.7 Å². The van der Waals surface area contributed by atoms with Crippen LogP contribution in [0.5, 0.6) is 11.5 Å².